The van der Waals surface area contributed by atoms with Gasteiger partial charge in [-0.1, -0.05) is 30.3 Å². The highest BCUT2D eigenvalue weighted by molar-refractivity contribution is 9.10. The number of hydrazone groups is 1. The van der Waals surface area contributed by atoms with Crippen LogP contribution in [0, 0.1) is 0 Å². The van der Waals surface area contributed by atoms with Gasteiger partial charge in [0.15, 0.2) is 16.6 Å². The van der Waals surface area contributed by atoms with E-state index in [0.717, 1.165) is 15.6 Å². The molecule has 0 aliphatic heterocycles. The van der Waals surface area contributed by atoms with E-state index in [1.54, 1.807) is 20.4 Å². The van der Waals surface area contributed by atoms with Gasteiger partial charge in [-0.05, 0) is 51.4 Å². The van der Waals surface area contributed by atoms with Crippen molar-refractivity contribution in [2.45, 2.75) is 6.61 Å². The number of hydrogen-bond donors (Lipinski definition) is 2. The monoisotopic (exact) mass is 407 g/mol. The molecule has 0 heterocycles. The lowest BCUT2D eigenvalue weighted by molar-refractivity contribution is 0.282. The molecule has 24 heavy (non-hydrogen) atoms. The average molecular weight is 408 g/mol. The summed E-state index contributed by atoms with van der Waals surface area (Å²) in [7, 11) is 3.33. The first-order valence-electron chi connectivity index (χ1n) is 7.19. The van der Waals surface area contributed by atoms with Crippen LogP contribution in [0.2, 0.25) is 0 Å². The molecule has 0 unspecified atom stereocenters. The maximum absolute atomic E-state index is 5.90. The Hall–Kier alpha value is -2.12. The largest absolute Gasteiger partial charge is 0.493 e. The van der Waals surface area contributed by atoms with Crippen molar-refractivity contribution < 1.29 is 9.47 Å². The summed E-state index contributed by atoms with van der Waals surface area (Å²) < 4.78 is 12.1. The number of nitrogens with zero attached hydrogens (tertiary/aromatic N) is 1. The van der Waals surface area contributed by atoms with Gasteiger partial charge in [-0.2, -0.15) is 5.10 Å². The van der Waals surface area contributed by atoms with Gasteiger partial charge in [0.1, 0.15) is 6.61 Å². The Bertz CT molecular complexity index is 723. The predicted molar refractivity (Wildman–Crippen MR) is 104 cm³/mol. The van der Waals surface area contributed by atoms with Crippen LogP contribution in [0.1, 0.15) is 11.1 Å². The Morgan fingerprint density at radius 1 is 1.29 bits per heavy atom. The Balaban J connectivity index is 2.13. The summed E-state index contributed by atoms with van der Waals surface area (Å²) in [6.45, 7) is 0.460. The summed E-state index contributed by atoms with van der Waals surface area (Å²) >= 11 is 8.48. The lowest BCUT2D eigenvalue weighted by atomic mass is 10.2. The molecular formula is C17H18BrN3O2S. The van der Waals surface area contributed by atoms with E-state index in [4.69, 9.17) is 21.7 Å². The molecule has 7 heteroatoms. The van der Waals surface area contributed by atoms with E-state index in [2.05, 4.69) is 31.8 Å². The number of thiocarbonyl (C=S) groups is 1. The summed E-state index contributed by atoms with van der Waals surface area (Å²) in [5.74, 6) is 1.27. The molecule has 0 fully saturated rings. The molecule has 0 atom stereocenters. The van der Waals surface area contributed by atoms with Crippen LogP contribution in [0.3, 0.4) is 0 Å². The van der Waals surface area contributed by atoms with Gasteiger partial charge in [-0.25, -0.2) is 0 Å². The molecule has 0 bridgehead atoms. The number of ether oxygens (including phenoxy) is 2. The zero-order valence-electron chi connectivity index (χ0n) is 13.4. The smallest absolute Gasteiger partial charge is 0.186 e. The minimum atomic E-state index is 0.445. The Kier molecular flexibility index (Phi) is 7.02. The number of rotatable bonds is 6. The molecule has 0 saturated carbocycles. The van der Waals surface area contributed by atoms with E-state index in [1.807, 2.05) is 42.5 Å². The molecule has 0 spiro atoms. The number of methoxy groups -OCH3 is 1. The van der Waals surface area contributed by atoms with Crippen molar-refractivity contribution in [2.75, 3.05) is 14.2 Å². The van der Waals surface area contributed by atoms with Crippen LogP contribution >= 0.6 is 28.1 Å². The van der Waals surface area contributed by atoms with Gasteiger partial charge in [0.2, 0.25) is 0 Å². The first-order valence-corrected chi connectivity index (χ1v) is 8.39. The normalized spacial score (nSPS) is 10.5. The zero-order valence-corrected chi connectivity index (χ0v) is 15.8. The molecule has 2 aromatic carbocycles. The third kappa shape index (κ3) is 5.21. The highest BCUT2D eigenvalue weighted by atomic mass is 79.9. The molecule has 0 radical (unpaired) electrons. The van der Waals surface area contributed by atoms with Crippen molar-refractivity contribution in [2.24, 2.45) is 5.10 Å². The number of benzene rings is 2. The summed E-state index contributed by atoms with van der Waals surface area (Å²) in [6.07, 6.45) is 1.65. The molecule has 5 nitrogen and oxygen atoms in total. The fourth-order valence-electron chi connectivity index (χ4n) is 1.91. The molecule has 0 aliphatic carbocycles. The summed E-state index contributed by atoms with van der Waals surface area (Å²) in [5, 5.41) is 7.28. The molecule has 2 aromatic rings. The van der Waals surface area contributed by atoms with Crippen LogP contribution in [0.5, 0.6) is 11.5 Å². The number of halogens is 1. The van der Waals surface area contributed by atoms with Gasteiger partial charge in [0.05, 0.1) is 17.8 Å². The average Bonchev–Trinajstić information content (AvgIpc) is 2.61. The first kappa shape index (κ1) is 18.2. The predicted octanol–water partition coefficient (Wildman–Crippen LogP) is 3.46. The summed E-state index contributed by atoms with van der Waals surface area (Å²) in [4.78, 5) is 0. The lowest BCUT2D eigenvalue weighted by Crippen LogP contribution is -2.28. The van der Waals surface area contributed by atoms with Crippen LogP contribution in [-0.2, 0) is 6.61 Å². The van der Waals surface area contributed by atoms with Gasteiger partial charge in [-0.3, -0.25) is 5.43 Å². The molecular weight excluding hydrogens is 390 g/mol. The maximum Gasteiger partial charge on any atom is 0.186 e. The first-order chi connectivity index (χ1) is 11.6. The van der Waals surface area contributed by atoms with E-state index in [0.29, 0.717) is 23.2 Å². The minimum Gasteiger partial charge on any atom is -0.493 e. The van der Waals surface area contributed by atoms with Crippen LogP contribution < -0.4 is 20.2 Å². The standard InChI is InChI=1S/C17H18BrN3O2S/c1-19-17(24)21-20-10-13-8-14(18)16(15(9-13)22-2)23-11-12-6-4-3-5-7-12/h3-10H,11H2,1-2H3,(H2,19,21,24). The molecule has 2 rings (SSSR count). The van der Waals surface area contributed by atoms with Gasteiger partial charge in [0, 0.05) is 7.05 Å². The Labute approximate surface area is 155 Å². The van der Waals surface area contributed by atoms with Crippen molar-refractivity contribution >= 4 is 39.5 Å². The summed E-state index contributed by atoms with van der Waals surface area (Å²) in [6, 6.07) is 13.7. The molecule has 0 amide bonds. The van der Waals surface area contributed by atoms with E-state index in [9.17, 15) is 0 Å². The lowest BCUT2D eigenvalue weighted by Gasteiger charge is -2.13. The Morgan fingerprint density at radius 3 is 2.71 bits per heavy atom. The van der Waals surface area contributed by atoms with Gasteiger partial charge < -0.3 is 14.8 Å². The Morgan fingerprint density at radius 2 is 2.04 bits per heavy atom. The quantitative estimate of drug-likeness (QED) is 0.436. The van der Waals surface area contributed by atoms with Crippen molar-refractivity contribution in [3.05, 3.63) is 58.1 Å². The highest BCUT2D eigenvalue weighted by Crippen LogP contribution is 2.36. The molecule has 0 aromatic heterocycles. The SMILES string of the molecule is CNC(=S)NN=Cc1cc(Br)c(OCc2ccccc2)c(OC)c1. The second-order valence-corrected chi connectivity index (χ2v) is 6.02. The summed E-state index contributed by atoms with van der Waals surface area (Å²) in [5.41, 5.74) is 4.63. The highest BCUT2D eigenvalue weighted by Gasteiger charge is 2.11. The van der Waals surface area contributed by atoms with Crippen LogP contribution in [0.25, 0.3) is 0 Å². The maximum atomic E-state index is 5.90. The van der Waals surface area contributed by atoms with E-state index >= 15 is 0 Å². The van der Waals surface area contributed by atoms with E-state index in [-0.39, 0.29) is 0 Å². The minimum absolute atomic E-state index is 0.445. The zero-order chi connectivity index (χ0) is 17.4. The van der Waals surface area contributed by atoms with E-state index in [1.165, 1.54) is 0 Å². The second kappa shape index (κ2) is 9.24. The van der Waals surface area contributed by atoms with Crippen molar-refractivity contribution in [3.8, 4) is 11.5 Å². The van der Waals surface area contributed by atoms with Crippen LogP contribution in [0.15, 0.2) is 52.0 Å². The van der Waals surface area contributed by atoms with E-state index < -0.39 is 0 Å². The van der Waals surface area contributed by atoms with Gasteiger partial charge >= 0.3 is 0 Å². The molecule has 0 aliphatic rings. The fraction of sp³-hybridized carbons (Fsp3) is 0.176. The fourth-order valence-corrected chi connectivity index (χ4v) is 2.53. The number of hydrogen-bond acceptors (Lipinski definition) is 4. The second-order valence-electron chi connectivity index (χ2n) is 4.76. The number of nitrogens with one attached hydrogen (secondary N) is 2. The van der Waals surface area contributed by atoms with Crippen LogP contribution in [0.4, 0.5) is 0 Å². The van der Waals surface area contributed by atoms with Crippen molar-refractivity contribution in [3.63, 3.8) is 0 Å². The molecule has 126 valence electrons. The van der Waals surface area contributed by atoms with Gasteiger partial charge in [-0.15, -0.1) is 0 Å². The molecule has 2 N–H and O–H groups in total. The topological polar surface area (TPSA) is 54.9 Å². The molecule has 0 saturated heterocycles. The third-order valence-electron chi connectivity index (χ3n) is 3.08. The third-order valence-corrected chi connectivity index (χ3v) is 3.97. The van der Waals surface area contributed by atoms with Crippen molar-refractivity contribution in [1.29, 1.82) is 0 Å². The van der Waals surface area contributed by atoms with Crippen LogP contribution in [-0.4, -0.2) is 25.5 Å². The van der Waals surface area contributed by atoms with Crippen molar-refractivity contribution in [1.82, 2.24) is 10.7 Å². The van der Waals surface area contributed by atoms with Gasteiger partial charge in [0.25, 0.3) is 0 Å².